The van der Waals surface area contributed by atoms with Crippen LogP contribution < -0.4 is 9.64 Å². The molecule has 0 amide bonds. The van der Waals surface area contributed by atoms with Gasteiger partial charge in [-0.25, -0.2) is 14.4 Å². The molecule has 25 heavy (non-hydrogen) atoms. The van der Waals surface area contributed by atoms with Crippen LogP contribution in [0.3, 0.4) is 0 Å². The van der Waals surface area contributed by atoms with Gasteiger partial charge < -0.3 is 9.64 Å². The van der Waals surface area contributed by atoms with Crippen molar-refractivity contribution in [1.82, 2.24) is 9.97 Å². The maximum atomic E-state index is 13.5. The zero-order valence-electron chi connectivity index (χ0n) is 14.4. The molecule has 130 valence electrons. The summed E-state index contributed by atoms with van der Waals surface area (Å²) in [6, 6.07) is 7.96. The van der Waals surface area contributed by atoms with Crippen molar-refractivity contribution in [2.75, 3.05) is 18.0 Å². The molecule has 0 spiro atoms. The Hall–Kier alpha value is -2.50. The minimum atomic E-state index is -0.779. The van der Waals surface area contributed by atoms with Crippen molar-refractivity contribution in [2.24, 2.45) is 4.99 Å². The molecule has 2 aromatic rings. The fraction of sp³-hybridized carbons (Fsp3) is 0.421. The van der Waals surface area contributed by atoms with Gasteiger partial charge in [-0.2, -0.15) is 0 Å². The molecule has 0 radical (unpaired) electrons. The molecule has 4 rings (SSSR count). The molecule has 3 heterocycles. The predicted octanol–water partition coefficient (Wildman–Crippen LogP) is 3.16. The van der Waals surface area contributed by atoms with E-state index < -0.39 is 6.17 Å². The Bertz CT molecular complexity index is 821. The fourth-order valence-electron chi connectivity index (χ4n) is 3.30. The molecule has 1 aromatic heterocycles. The second kappa shape index (κ2) is 6.43. The molecule has 1 aromatic carbocycles. The summed E-state index contributed by atoms with van der Waals surface area (Å²) in [6.07, 6.45) is 1.43. The number of benzene rings is 1. The van der Waals surface area contributed by atoms with Gasteiger partial charge in [0.25, 0.3) is 0 Å². The topological polar surface area (TPSA) is 50.6 Å². The number of alkyl halides is 1. The molecule has 2 aliphatic rings. The lowest BCUT2D eigenvalue weighted by Gasteiger charge is -2.16. The van der Waals surface area contributed by atoms with E-state index in [0.717, 1.165) is 34.1 Å². The molecule has 6 heteroatoms. The zero-order chi connectivity index (χ0) is 17.4. The third-order valence-corrected chi connectivity index (χ3v) is 4.47. The molecule has 1 saturated heterocycles. The minimum absolute atomic E-state index is 0.120. The van der Waals surface area contributed by atoms with Crippen LogP contribution in [0.4, 0.5) is 10.2 Å². The second-order valence-corrected chi connectivity index (χ2v) is 6.74. The first-order valence-electron chi connectivity index (χ1n) is 8.66. The Kier molecular flexibility index (Phi) is 4.11. The summed E-state index contributed by atoms with van der Waals surface area (Å²) in [6.45, 7) is 5.74. The standard InChI is InChI=1S/C19H21FN4O/c1-12(2)25-15-4-3-13-9-21-19(16(13)7-15)17-8-18(23-11-22-17)24-6-5-14(20)10-24/h3-4,7-8,11-12,14H,5-6,9-10H2,1-2H3/t14-/m1/s1. The van der Waals surface area contributed by atoms with Crippen LogP contribution in [0.15, 0.2) is 35.6 Å². The molecule has 2 aliphatic heterocycles. The summed E-state index contributed by atoms with van der Waals surface area (Å²) >= 11 is 0. The third-order valence-electron chi connectivity index (χ3n) is 4.47. The van der Waals surface area contributed by atoms with Gasteiger partial charge in [-0.05, 0) is 38.0 Å². The number of aromatic nitrogens is 2. The van der Waals surface area contributed by atoms with E-state index in [9.17, 15) is 4.39 Å². The van der Waals surface area contributed by atoms with Crippen molar-refractivity contribution in [3.8, 4) is 5.75 Å². The lowest BCUT2D eigenvalue weighted by Crippen LogP contribution is -2.21. The predicted molar refractivity (Wildman–Crippen MR) is 95.3 cm³/mol. The van der Waals surface area contributed by atoms with Crippen LogP contribution in [0.25, 0.3) is 0 Å². The third kappa shape index (κ3) is 3.21. The molecule has 1 fully saturated rings. The molecule has 0 unspecified atom stereocenters. The van der Waals surface area contributed by atoms with Crippen LogP contribution in [0, 0.1) is 0 Å². The van der Waals surface area contributed by atoms with E-state index in [1.54, 1.807) is 0 Å². The van der Waals surface area contributed by atoms with Crippen LogP contribution >= 0.6 is 0 Å². The largest absolute Gasteiger partial charge is 0.491 e. The summed E-state index contributed by atoms with van der Waals surface area (Å²) in [5.74, 6) is 1.59. The van der Waals surface area contributed by atoms with Gasteiger partial charge in [-0.1, -0.05) is 6.07 Å². The zero-order valence-corrected chi connectivity index (χ0v) is 14.4. The molecular formula is C19H21FN4O. The van der Waals surface area contributed by atoms with E-state index in [1.165, 1.54) is 6.33 Å². The first-order valence-corrected chi connectivity index (χ1v) is 8.66. The van der Waals surface area contributed by atoms with E-state index in [2.05, 4.69) is 21.0 Å². The number of fused-ring (bicyclic) bond motifs is 1. The van der Waals surface area contributed by atoms with Crippen LogP contribution in [-0.2, 0) is 6.54 Å². The highest BCUT2D eigenvalue weighted by Crippen LogP contribution is 2.28. The van der Waals surface area contributed by atoms with Crippen molar-refractivity contribution in [3.05, 3.63) is 47.4 Å². The molecule has 0 N–H and O–H groups in total. The highest BCUT2D eigenvalue weighted by molar-refractivity contribution is 6.14. The van der Waals surface area contributed by atoms with Gasteiger partial charge in [0.1, 0.15) is 24.1 Å². The number of hydrogen-bond donors (Lipinski definition) is 0. The van der Waals surface area contributed by atoms with E-state index in [4.69, 9.17) is 4.74 Å². The van der Waals surface area contributed by atoms with Crippen molar-refractivity contribution in [2.45, 2.75) is 39.1 Å². The van der Waals surface area contributed by atoms with Crippen molar-refractivity contribution in [1.29, 1.82) is 0 Å². The van der Waals surface area contributed by atoms with Gasteiger partial charge in [-0.3, -0.25) is 4.99 Å². The van der Waals surface area contributed by atoms with Crippen LogP contribution in [-0.4, -0.2) is 41.0 Å². The monoisotopic (exact) mass is 340 g/mol. The number of halogens is 1. The van der Waals surface area contributed by atoms with Crippen molar-refractivity contribution < 1.29 is 9.13 Å². The quantitative estimate of drug-likeness (QED) is 0.858. The number of anilines is 1. The Morgan fingerprint density at radius 1 is 1.24 bits per heavy atom. The average Bonchev–Trinajstić information content (AvgIpc) is 3.20. The number of ether oxygens (including phenoxy) is 1. The highest BCUT2D eigenvalue weighted by Gasteiger charge is 2.25. The summed E-state index contributed by atoms with van der Waals surface area (Å²) in [5, 5.41) is 0. The maximum Gasteiger partial charge on any atom is 0.132 e. The van der Waals surface area contributed by atoms with E-state index in [0.29, 0.717) is 26.1 Å². The highest BCUT2D eigenvalue weighted by atomic mass is 19.1. The first-order chi connectivity index (χ1) is 12.1. The Morgan fingerprint density at radius 3 is 2.88 bits per heavy atom. The molecule has 0 saturated carbocycles. The van der Waals surface area contributed by atoms with Crippen LogP contribution in [0.1, 0.15) is 37.1 Å². The number of hydrogen-bond acceptors (Lipinski definition) is 5. The van der Waals surface area contributed by atoms with Crippen molar-refractivity contribution in [3.63, 3.8) is 0 Å². The number of nitrogens with zero attached hydrogens (tertiary/aromatic N) is 4. The van der Waals surface area contributed by atoms with Gasteiger partial charge in [0.05, 0.1) is 30.6 Å². The van der Waals surface area contributed by atoms with Gasteiger partial charge in [0.2, 0.25) is 0 Å². The summed E-state index contributed by atoms with van der Waals surface area (Å²) < 4.78 is 19.3. The smallest absolute Gasteiger partial charge is 0.132 e. The summed E-state index contributed by atoms with van der Waals surface area (Å²) in [7, 11) is 0. The molecule has 5 nitrogen and oxygen atoms in total. The second-order valence-electron chi connectivity index (χ2n) is 6.74. The Balaban J connectivity index is 1.64. The Morgan fingerprint density at radius 2 is 2.12 bits per heavy atom. The van der Waals surface area contributed by atoms with Gasteiger partial charge in [0.15, 0.2) is 0 Å². The van der Waals surface area contributed by atoms with Gasteiger partial charge in [0, 0.05) is 18.2 Å². The molecule has 0 bridgehead atoms. The molecular weight excluding hydrogens is 319 g/mol. The van der Waals surface area contributed by atoms with E-state index in [-0.39, 0.29) is 6.10 Å². The fourth-order valence-corrected chi connectivity index (χ4v) is 3.30. The summed E-state index contributed by atoms with van der Waals surface area (Å²) in [4.78, 5) is 15.3. The molecule has 0 aliphatic carbocycles. The normalized spacial score (nSPS) is 19.3. The SMILES string of the molecule is CC(C)Oc1ccc2c(c1)C(c1cc(N3CC[C@@H](F)C3)ncn1)=NC2. The van der Waals surface area contributed by atoms with Gasteiger partial charge in [-0.15, -0.1) is 0 Å². The number of aliphatic imine (C=N–C) groups is 1. The minimum Gasteiger partial charge on any atom is -0.491 e. The van der Waals surface area contributed by atoms with E-state index in [1.807, 2.05) is 36.9 Å². The van der Waals surface area contributed by atoms with E-state index >= 15 is 0 Å². The maximum absolute atomic E-state index is 13.5. The molecule has 1 atom stereocenters. The van der Waals surface area contributed by atoms with Gasteiger partial charge >= 0.3 is 0 Å². The van der Waals surface area contributed by atoms with Crippen molar-refractivity contribution >= 4 is 11.5 Å². The average molecular weight is 340 g/mol. The van der Waals surface area contributed by atoms with Crippen LogP contribution in [0.5, 0.6) is 5.75 Å². The van der Waals surface area contributed by atoms with Crippen LogP contribution in [0.2, 0.25) is 0 Å². The Labute approximate surface area is 146 Å². The summed E-state index contributed by atoms with van der Waals surface area (Å²) in [5.41, 5.74) is 3.83. The lowest BCUT2D eigenvalue weighted by molar-refractivity contribution is 0.242. The first kappa shape index (κ1) is 16.0. The lowest BCUT2D eigenvalue weighted by atomic mass is 10.0. The number of rotatable bonds is 4.